The molecule has 1 fully saturated rings. The van der Waals surface area contributed by atoms with Crippen molar-refractivity contribution in [2.24, 2.45) is 13.0 Å². The third-order valence-corrected chi connectivity index (χ3v) is 4.87. The highest BCUT2D eigenvalue weighted by molar-refractivity contribution is 6.35. The largest absolute Gasteiger partial charge is 0.350 e. The highest BCUT2D eigenvalue weighted by atomic mass is 35.5. The molecule has 112 valence electrons. The molecular weight excluding hydrogens is 284 g/mol. The van der Waals surface area contributed by atoms with Crippen LogP contribution in [0.3, 0.4) is 0 Å². The van der Waals surface area contributed by atoms with Crippen molar-refractivity contribution >= 4 is 28.4 Å². The lowest BCUT2D eigenvalue weighted by Crippen LogP contribution is -2.31. The quantitative estimate of drug-likeness (QED) is 0.908. The van der Waals surface area contributed by atoms with Crippen LogP contribution in [-0.4, -0.2) is 17.0 Å². The van der Waals surface area contributed by atoms with Crippen molar-refractivity contribution in [3.05, 3.63) is 35.0 Å². The van der Waals surface area contributed by atoms with E-state index in [4.69, 9.17) is 11.6 Å². The van der Waals surface area contributed by atoms with Gasteiger partial charge in [0.15, 0.2) is 0 Å². The summed E-state index contributed by atoms with van der Waals surface area (Å²) in [6.45, 7) is 0.786. The van der Waals surface area contributed by atoms with Crippen LogP contribution in [0.5, 0.6) is 0 Å². The molecule has 0 saturated heterocycles. The van der Waals surface area contributed by atoms with E-state index in [0.717, 1.165) is 17.4 Å². The number of nitrogens with zero attached hydrogens (tertiary/aromatic N) is 1. The third kappa shape index (κ3) is 2.93. The molecule has 0 radical (unpaired) electrons. The molecule has 1 aliphatic carbocycles. The summed E-state index contributed by atoms with van der Waals surface area (Å²) in [4.78, 5) is 12.4. The van der Waals surface area contributed by atoms with Crippen molar-refractivity contribution in [2.45, 2.75) is 32.1 Å². The molecule has 1 aliphatic rings. The number of amides is 1. The Morgan fingerprint density at radius 1 is 1.33 bits per heavy atom. The summed E-state index contributed by atoms with van der Waals surface area (Å²) in [5.41, 5.74) is 1.67. The second kappa shape index (κ2) is 6.10. The van der Waals surface area contributed by atoms with Crippen LogP contribution in [0.1, 0.15) is 42.6 Å². The zero-order valence-corrected chi connectivity index (χ0v) is 13.1. The number of nitrogens with one attached hydrogen (secondary N) is 1. The summed E-state index contributed by atoms with van der Waals surface area (Å²) in [6.07, 6.45) is 6.41. The third-order valence-electron chi connectivity index (χ3n) is 4.54. The van der Waals surface area contributed by atoms with E-state index in [-0.39, 0.29) is 5.91 Å². The number of rotatable bonds is 3. The van der Waals surface area contributed by atoms with Gasteiger partial charge in [-0.15, -0.1) is 0 Å². The SMILES string of the molecule is Cn1c(C(=O)NCC2CCCCC2)cc2c(Cl)cccc21. The molecule has 1 aromatic carbocycles. The van der Waals surface area contributed by atoms with Crippen molar-refractivity contribution in [1.82, 2.24) is 9.88 Å². The summed E-state index contributed by atoms with van der Waals surface area (Å²) < 4.78 is 1.91. The molecule has 1 heterocycles. The molecule has 2 aromatic rings. The van der Waals surface area contributed by atoms with Crippen molar-refractivity contribution < 1.29 is 4.79 Å². The molecular formula is C17H21ClN2O. The molecule has 0 atom stereocenters. The number of hydrogen-bond donors (Lipinski definition) is 1. The minimum absolute atomic E-state index is 0.00431. The van der Waals surface area contributed by atoms with E-state index in [2.05, 4.69) is 5.32 Å². The Morgan fingerprint density at radius 3 is 2.81 bits per heavy atom. The number of carbonyl (C=O) groups excluding carboxylic acids is 1. The van der Waals surface area contributed by atoms with Crippen LogP contribution >= 0.6 is 11.6 Å². The first kappa shape index (κ1) is 14.5. The maximum Gasteiger partial charge on any atom is 0.267 e. The highest BCUT2D eigenvalue weighted by Gasteiger charge is 2.17. The van der Waals surface area contributed by atoms with Crippen LogP contribution in [-0.2, 0) is 7.05 Å². The molecule has 0 unspecified atom stereocenters. The van der Waals surface area contributed by atoms with Crippen LogP contribution in [0.25, 0.3) is 10.9 Å². The van der Waals surface area contributed by atoms with Gasteiger partial charge in [-0.05, 0) is 37.0 Å². The Bertz CT molecular complexity index is 656. The number of halogens is 1. The molecule has 0 bridgehead atoms. The van der Waals surface area contributed by atoms with Gasteiger partial charge in [-0.2, -0.15) is 0 Å². The minimum atomic E-state index is -0.00431. The van der Waals surface area contributed by atoms with Gasteiger partial charge in [0.1, 0.15) is 5.69 Å². The Labute approximate surface area is 130 Å². The van der Waals surface area contributed by atoms with Crippen LogP contribution in [0.15, 0.2) is 24.3 Å². The summed E-state index contributed by atoms with van der Waals surface area (Å²) in [6, 6.07) is 7.63. The van der Waals surface area contributed by atoms with Gasteiger partial charge in [-0.3, -0.25) is 4.79 Å². The van der Waals surface area contributed by atoms with Gasteiger partial charge in [0.05, 0.1) is 0 Å². The first-order valence-electron chi connectivity index (χ1n) is 7.69. The summed E-state index contributed by atoms with van der Waals surface area (Å²) in [5, 5.41) is 4.71. The summed E-state index contributed by atoms with van der Waals surface area (Å²) in [7, 11) is 1.91. The average molecular weight is 305 g/mol. The van der Waals surface area contributed by atoms with Crippen molar-refractivity contribution in [1.29, 1.82) is 0 Å². The fraction of sp³-hybridized carbons (Fsp3) is 0.471. The topological polar surface area (TPSA) is 34.0 Å². The van der Waals surface area contributed by atoms with Crippen molar-refractivity contribution in [2.75, 3.05) is 6.54 Å². The first-order chi connectivity index (χ1) is 10.2. The van der Waals surface area contributed by atoms with E-state index in [0.29, 0.717) is 16.6 Å². The normalized spacial score (nSPS) is 16.3. The van der Waals surface area contributed by atoms with Gasteiger partial charge in [0.2, 0.25) is 0 Å². The summed E-state index contributed by atoms with van der Waals surface area (Å²) >= 11 is 6.20. The first-order valence-corrected chi connectivity index (χ1v) is 8.07. The predicted molar refractivity (Wildman–Crippen MR) is 86.8 cm³/mol. The Hall–Kier alpha value is -1.48. The van der Waals surface area contributed by atoms with Gasteiger partial charge < -0.3 is 9.88 Å². The van der Waals surface area contributed by atoms with Crippen LogP contribution in [0, 0.1) is 5.92 Å². The maximum atomic E-state index is 12.4. The monoisotopic (exact) mass is 304 g/mol. The zero-order valence-electron chi connectivity index (χ0n) is 12.4. The lowest BCUT2D eigenvalue weighted by molar-refractivity contribution is 0.0936. The second-order valence-electron chi connectivity index (χ2n) is 5.98. The number of carbonyl (C=O) groups is 1. The summed E-state index contributed by atoms with van der Waals surface area (Å²) in [5.74, 6) is 0.635. The molecule has 3 nitrogen and oxygen atoms in total. The lowest BCUT2D eigenvalue weighted by atomic mass is 9.89. The van der Waals surface area contributed by atoms with E-state index in [1.54, 1.807) is 0 Å². The van der Waals surface area contributed by atoms with Crippen molar-refractivity contribution in [3.8, 4) is 0 Å². The average Bonchev–Trinajstić information content (AvgIpc) is 2.85. The molecule has 3 rings (SSSR count). The minimum Gasteiger partial charge on any atom is -0.350 e. The number of aryl methyl sites for hydroxylation is 1. The standard InChI is InChI=1S/C17H21ClN2O/c1-20-15-9-5-8-14(18)13(15)10-16(20)17(21)19-11-12-6-3-2-4-7-12/h5,8-10,12H,2-4,6-7,11H2,1H3,(H,19,21). The Balaban J connectivity index is 1.75. The van der Waals surface area contributed by atoms with E-state index >= 15 is 0 Å². The molecule has 1 N–H and O–H groups in total. The van der Waals surface area contributed by atoms with E-state index in [9.17, 15) is 4.79 Å². The van der Waals surface area contributed by atoms with Gasteiger partial charge in [-0.1, -0.05) is 36.9 Å². The highest BCUT2D eigenvalue weighted by Crippen LogP contribution is 2.26. The smallest absolute Gasteiger partial charge is 0.267 e. The van der Waals surface area contributed by atoms with Crippen LogP contribution in [0.2, 0.25) is 5.02 Å². The molecule has 1 amide bonds. The predicted octanol–water partition coefficient (Wildman–Crippen LogP) is 4.14. The van der Waals surface area contributed by atoms with Gasteiger partial charge in [-0.25, -0.2) is 0 Å². The molecule has 0 aliphatic heterocycles. The second-order valence-corrected chi connectivity index (χ2v) is 6.38. The van der Waals surface area contributed by atoms with Crippen molar-refractivity contribution in [3.63, 3.8) is 0 Å². The van der Waals surface area contributed by atoms with Gasteiger partial charge in [0, 0.05) is 29.5 Å². The molecule has 4 heteroatoms. The van der Waals surface area contributed by atoms with Crippen LogP contribution in [0.4, 0.5) is 0 Å². The van der Waals surface area contributed by atoms with Crippen LogP contribution < -0.4 is 5.32 Å². The van der Waals surface area contributed by atoms with E-state index in [1.165, 1.54) is 32.1 Å². The molecule has 1 saturated carbocycles. The lowest BCUT2D eigenvalue weighted by Gasteiger charge is -2.21. The number of fused-ring (bicyclic) bond motifs is 1. The fourth-order valence-electron chi connectivity index (χ4n) is 3.26. The van der Waals surface area contributed by atoms with E-state index in [1.807, 2.05) is 35.9 Å². The molecule has 1 aromatic heterocycles. The fourth-order valence-corrected chi connectivity index (χ4v) is 3.49. The Kier molecular flexibility index (Phi) is 4.20. The van der Waals surface area contributed by atoms with Gasteiger partial charge >= 0.3 is 0 Å². The number of aromatic nitrogens is 1. The maximum absolute atomic E-state index is 12.4. The Morgan fingerprint density at radius 2 is 2.10 bits per heavy atom. The number of hydrogen-bond acceptors (Lipinski definition) is 1. The molecule has 21 heavy (non-hydrogen) atoms. The zero-order chi connectivity index (χ0) is 14.8. The van der Waals surface area contributed by atoms with Gasteiger partial charge in [0.25, 0.3) is 5.91 Å². The van der Waals surface area contributed by atoms with E-state index < -0.39 is 0 Å². The number of benzene rings is 1. The molecule has 0 spiro atoms.